The van der Waals surface area contributed by atoms with E-state index in [1.54, 1.807) is 105 Å². The number of H-pyrrole nitrogens is 1. The Bertz CT molecular complexity index is 6370. The van der Waals surface area contributed by atoms with E-state index in [-0.39, 0.29) is 143 Å². The number of alkyl halides is 1. The molecule has 14 aromatic rings. The molecule has 40 heteroatoms. The SMILES string of the molecule is CC(=O)CSc1ccc(Cl)cc1.CCOC(=O)CBr.CCOC(=O)Cn1c(C)c(Sc2ccc(Cl)cc2)c2c(N)cccc21.CCOC(=O)Cn1c(C)c(Sc2ccc(Cl)cc2)c2c(NC(C)=O)cccc21.CCOC(=O)Cn1c(C)c(Sc2ccc(Cl)cc2)c2c([N+](=O)[O-])cccc21.Cc1[nH]c2cccc([N+](=O)[O-])c2c1Sc1ccc(Cl)cc1.I.Nc1cccc([N+](=O)[O-])c1.[Na+].[OH-]. The van der Waals surface area contributed by atoms with Gasteiger partial charge in [-0.25, -0.2) is 0 Å². The Balaban J connectivity index is 0.000000284. The number of ether oxygens (including phenoxy) is 4. The number of aryl methyl sites for hydroxylation is 1. The van der Waals surface area contributed by atoms with Crippen LogP contribution in [0.2, 0.25) is 25.1 Å². The Hall–Kier alpha value is -9.45. The molecule has 0 unspecified atom stereocenters. The number of nitro groups is 3. The van der Waals surface area contributed by atoms with Crippen LogP contribution in [-0.2, 0) is 67.3 Å². The molecule has 0 aliphatic rings. The molecule has 27 nitrogen and oxygen atoms in total. The number of fused-ring (bicyclic) bond motifs is 4. The zero-order valence-electron chi connectivity index (χ0n) is 73.7. The Labute approximate surface area is 861 Å². The molecule has 0 aliphatic carbocycles. The minimum atomic E-state index is -0.476. The molecule has 10 aromatic carbocycles. The number of nitrogens with one attached hydrogen (secondary N) is 2. The van der Waals surface area contributed by atoms with Crippen LogP contribution in [0.5, 0.6) is 0 Å². The van der Waals surface area contributed by atoms with Gasteiger partial charge in [0.05, 0.1) is 85.5 Å². The quantitative estimate of drug-likeness (QED) is 0.00450. The summed E-state index contributed by atoms with van der Waals surface area (Å²) in [5, 5.41) is 42.5. The summed E-state index contributed by atoms with van der Waals surface area (Å²) in [6.07, 6.45) is 0. The van der Waals surface area contributed by atoms with Crippen molar-refractivity contribution in [2.45, 2.75) is 133 Å². The second-order valence-corrected chi connectivity index (χ2v) is 35.6. The van der Waals surface area contributed by atoms with E-state index in [4.69, 9.17) is 83.7 Å². The average molecular weight is 2190 g/mol. The number of amides is 1. The molecule has 0 spiro atoms. The number of hydrogen-bond donors (Lipinski definition) is 4. The fourth-order valence-corrected chi connectivity index (χ4v) is 18.3. The fraction of sp³-hybridized carbons (Fsp3) is 0.204. The molecule has 0 fully saturated rings. The van der Waals surface area contributed by atoms with E-state index in [9.17, 15) is 59.1 Å². The van der Waals surface area contributed by atoms with Gasteiger partial charge in [-0.2, -0.15) is 0 Å². The summed E-state index contributed by atoms with van der Waals surface area (Å²) < 4.78 is 25.5. The molecule has 0 radical (unpaired) electrons. The zero-order chi connectivity index (χ0) is 95.0. The van der Waals surface area contributed by atoms with E-state index in [1.807, 2.05) is 188 Å². The number of nitrogen functional groups attached to an aromatic ring is 2. The van der Waals surface area contributed by atoms with Gasteiger partial charge in [-0.15, -0.1) is 35.7 Å². The van der Waals surface area contributed by atoms with Crippen molar-refractivity contribution < 1.29 is 97.5 Å². The van der Waals surface area contributed by atoms with Crippen LogP contribution in [0, 0.1) is 58.0 Å². The first-order valence-corrected chi connectivity index (χ1v) is 46.9. The molecule has 4 heterocycles. The standard InChI is InChI=1S/C21H21ClN2O3S.C19H17ClN2O4S.C19H19ClN2O2S.C15H11ClN2O2S.C9H9ClOS.C6H6N2O2.C4H7BrO2.HI.Na.H2O/c1-4-27-19(26)12-24-13(2)21(28-16-10-8-15(22)9-11-16)20-17(23-14(3)25)6-5-7-18(20)24;1-3-26-17(23)11-21-12(2)19(27-14-9-7-13(20)8-10-14)18-15(21)5-4-6-16(18)22(24)25;1-3-24-17(23)11-22-12(2)19(18-15(21)5-4-6-16(18)22)25-14-9-7-13(20)8-10-14;1-9-15(21-11-7-5-10(16)6-8-11)14-12(17-9)3-2-4-13(14)18(19)20;1-7(11)6-12-9-4-2-8(10)3-5-9;7-5-2-1-3-6(4-5)8(9)10;1-2-7-4(6)3-5;;;/h5-11H,4,12H2,1-3H3,(H,23,25);4-10H,3,11H2,1-2H3;4-10H,3,11,21H2,1-2H3;2-8,17H,1H3;2-5H,6H2,1H3;1-4H,7H2;2-3H2,1H3;1H;;1H2/q;;;;;;;;+1;/p-1. The van der Waals surface area contributed by atoms with E-state index in [2.05, 4.69) is 31.0 Å². The summed E-state index contributed by atoms with van der Waals surface area (Å²) in [7, 11) is 0. The molecule has 0 aliphatic heterocycles. The van der Waals surface area contributed by atoms with Crippen molar-refractivity contribution in [2.75, 3.05) is 54.3 Å². The number of aromatic amines is 1. The molecule has 0 atom stereocenters. The maximum Gasteiger partial charge on any atom is 1.00 e. The van der Waals surface area contributed by atoms with Crippen LogP contribution in [0.25, 0.3) is 43.6 Å². The molecule has 0 saturated carbocycles. The molecular formula is C93H92BrCl5IN10NaO17S5. The van der Waals surface area contributed by atoms with Gasteiger partial charge >= 0.3 is 53.4 Å². The Kier molecular flexibility index (Phi) is 48.7. The monoisotopic (exact) mass is 2180 g/mol. The van der Waals surface area contributed by atoms with Crippen molar-refractivity contribution in [2.24, 2.45) is 0 Å². The number of non-ortho nitro benzene ring substituents is 3. The summed E-state index contributed by atoms with van der Waals surface area (Å²) in [4.78, 5) is 112. The van der Waals surface area contributed by atoms with E-state index < -0.39 is 9.85 Å². The van der Waals surface area contributed by atoms with E-state index in [1.165, 1.54) is 66.5 Å². The number of nitrogens with zero attached hydrogens (tertiary/aromatic N) is 6. The van der Waals surface area contributed by atoms with Crippen molar-refractivity contribution in [1.29, 1.82) is 0 Å². The topological polar surface area (TPSA) is 393 Å². The van der Waals surface area contributed by atoms with Crippen LogP contribution in [0.3, 0.4) is 0 Å². The largest absolute Gasteiger partial charge is 1.00 e. The number of aromatic nitrogens is 4. The number of Topliss-reactive ketones (excluding diaryl/α,β-unsaturated/α-hetero) is 1. The van der Waals surface area contributed by atoms with Crippen molar-refractivity contribution >= 4 is 270 Å². The predicted octanol–water partition coefficient (Wildman–Crippen LogP) is 23.2. The summed E-state index contributed by atoms with van der Waals surface area (Å²) in [6, 6.07) is 64.6. The van der Waals surface area contributed by atoms with Gasteiger partial charge in [-0.1, -0.05) is 151 Å². The number of anilines is 3. The average Bonchev–Trinajstić information content (AvgIpc) is 1.62. The van der Waals surface area contributed by atoms with Crippen molar-refractivity contribution in [1.82, 2.24) is 18.7 Å². The first-order valence-electron chi connectivity index (χ1n) is 39.7. The zero-order valence-corrected chi connectivity index (χ0v) is 87.5. The molecule has 14 rings (SSSR count). The van der Waals surface area contributed by atoms with Crippen molar-refractivity contribution in [3.8, 4) is 0 Å². The number of carbonyl (C=O) groups excluding carboxylic acids is 6. The molecule has 1 amide bonds. The van der Waals surface area contributed by atoms with Crippen LogP contribution in [0.1, 0.15) is 64.3 Å². The van der Waals surface area contributed by atoms with Crippen molar-refractivity contribution in [3.63, 3.8) is 0 Å². The van der Waals surface area contributed by atoms with Gasteiger partial charge in [0.25, 0.3) is 17.1 Å². The number of esters is 4. The van der Waals surface area contributed by atoms with E-state index in [0.29, 0.717) is 84.3 Å². The number of hydrogen-bond acceptors (Lipinski definition) is 24. The summed E-state index contributed by atoms with van der Waals surface area (Å²) >= 11 is 40.1. The van der Waals surface area contributed by atoms with Crippen LogP contribution in [0.4, 0.5) is 34.1 Å². The Morgan fingerprint density at radius 2 is 0.774 bits per heavy atom. The number of halogens is 7. The van der Waals surface area contributed by atoms with E-state index >= 15 is 0 Å². The third-order valence-corrected chi connectivity index (χ3v) is 25.9. The van der Waals surface area contributed by atoms with Gasteiger partial charge in [0.1, 0.15) is 30.7 Å². The number of nitro benzene ring substituents is 3. The molecular weight excluding hydrogens is 2100 g/mol. The normalized spacial score (nSPS) is 10.3. The maximum absolute atomic E-state index is 12.1. The molecule has 133 heavy (non-hydrogen) atoms. The Morgan fingerprint density at radius 1 is 0.436 bits per heavy atom. The minimum absolute atomic E-state index is 0. The second-order valence-electron chi connectivity index (χ2n) is 27.5. The molecule has 4 aromatic heterocycles. The number of thioether (sulfide) groups is 1. The third kappa shape index (κ3) is 33.8. The van der Waals surface area contributed by atoms with Crippen LogP contribution >= 0.6 is 157 Å². The summed E-state index contributed by atoms with van der Waals surface area (Å²) in [5.74, 6) is -0.569. The minimum Gasteiger partial charge on any atom is -0.870 e. The fourth-order valence-electron chi connectivity index (χ4n) is 12.6. The number of ketones is 1. The molecule has 0 bridgehead atoms. The number of rotatable bonds is 26. The smallest absolute Gasteiger partial charge is 0.870 e. The molecule has 696 valence electrons. The summed E-state index contributed by atoms with van der Waals surface area (Å²) in [5.41, 5.74) is 20.3. The first kappa shape index (κ1) is 114. The number of nitrogens with two attached hydrogens (primary N) is 2. The van der Waals surface area contributed by atoms with Crippen LogP contribution in [-0.4, -0.2) is 112 Å². The first-order chi connectivity index (χ1) is 62.1. The predicted molar refractivity (Wildman–Crippen MR) is 545 cm³/mol. The number of benzene rings is 10. The van der Waals surface area contributed by atoms with Gasteiger partial charge in [0, 0.05) is 145 Å². The van der Waals surface area contributed by atoms with Gasteiger partial charge in [-0.05, 0) is 226 Å². The third-order valence-electron chi connectivity index (χ3n) is 18.2. The van der Waals surface area contributed by atoms with Gasteiger partial charge < -0.3 is 59.9 Å². The van der Waals surface area contributed by atoms with Crippen LogP contribution in [0.15, 0.2) is 262 Å². The van der Waals surface area contributed by atoms with Crippen molar-refractivity contribution in [3.05, 3.63) is 297 Å². The van der Waals surface area contributed by atoms with Crippen LogP contribution < -0.4 is 46.3 Å². The molecule has 0 saturated heterocycles. The second kappa shape index (κ2) is 56.8. The maximum atomic E-state index is 12.1. The summed E-state index contributed by atoms with van der Waals surface area (Å²) in [6.45, 7) is 19.6. The van der Waals surface area contributed by atoms with Gasteiger partial charge in [-0.3, -0.25) is 59.1 Å². The van der Waals surface area contributed by atoms with Gasteiger partial charge in [0.15, 0.2) is 0 Å². The van der Waals surface area contributed by atoms with E-state index in [0.717, 1.165) is 99.2 Å². The van der Waals surface area contributed by atoms with Gasteiger partial charge in [0.2, 0.25) is 5.91 Å². The number of carbonyl (C=O) groups is 6. The Morgan fingerprint density at radius 3 is 1.14 bits per heavy atom. The molecule has 7 N–H and O–H groups in total.